The molecule has 0 saturated carbocycles. The van der Waals surface area contributed by atoms with E-state index in [2.05, 4.69) is 5.10 Å². The van der Waals surface area contributed by atoms with Gasteiger partial charge in [-0.15, -0.1) is 0 Å². The molecule has 162 valence electrons. The van der Waals surface area contributed by atoms with Crippen LogP contribution in [0.4, 0.5) is 4.39 Å². The van der Waals surface area contributed by atoms with Gasteiger partial charge in [-0.1, -0.05) is 18.2 Å². The monoisotopic (exact) mass is 432 g/mol. The molecule has 0 saturated heterocycles. The molecule has 4 aromatic rings. The van der Waals surface area contributed by atoms with Gasteiger partial charge in [0.25, 0.3) is 5.91 Å². The summed E-state index contributed by atoms with van der Waals surface area (Å²) in [6.45, 7) is 3.00. The molecule has 2 aromatic carbocycles. The fourth-order valence-corrected chi connectivity index (χ4v) is 3.77. The molecule has 1 amide bonds. The summed E-state index contributed by atoms with van der Waals surface area (Å²) in [5.41, 5.74) is 1.58. The maximum absolute atomic E-state index is 14.5. The predicted molar refractivity (Wildman–Crippen MR) is 116 cm³/mol. The normalized spacial score (nSPS) is 12.2. The Balaban J connectivity index is 1.52. The standard InChI is InChI=1S/C24H21FN4O3/c1-2-27(15-17-9-10-21-22(13-17)32-16-31-21)24(30)18-14-26-29(20-8-4-3-7-19(20)25)23(18)28-11-5-6-12-28/h3-14H,2,15-16H2,1H3. The van der Waals surface area contributed by atoms with Crippen molar-refractivity contribution in [2.45, 2.75) is 13.5 Å². The van der Waals surface area contributed by atoms with E-state index < -0.39 is 5.82 Å². The average Bonchev–Trinajstić information content (AvgIpc) is 3.57. The molecule has 0 fully saturated rings. The van der Waals surface area contributed by atoms with Crippen LogP contribution in [0.1, 0.15) is 22.8 Å². The zero-order valence-electron chi connectivity index (χ0n) is 17.4. The van der Waals surface area contributed by atoms with E-state index >= 15 is 0 Å². The maximum Gasteiger partial charge on any atom is 0.259 e. The van der Waals surface area contributed by atoms with Crippen molar-refractivity contribution in [2.75, 3.05) is 13.3 Å². The molecule has 0 atom stereocenters. The fourth-order valence-electron chi connectivity index (χ4n) is 3.77. The third kappa shape index (κ3) is 3.49. The summed E-state index contributed by atoms with van der Waals surface area (Å²) >= 11 is 0. The Morgan fingerprint density at radius 1 is 1.09 bits per heavy atom. The lowest BCUT2D eigenvalue weighted by molar-refractivity contribution is 0.0752. The van der Waals surface area contributed by atoms with Crippen LogP contribution in [0.15, 0.2) is 73.2 Å². The van der Waals surface area contributed by atoms with E-state index in [-0.39, 0.29) is 18.4 Å². The van der Waals surface area contributed by atoms with Crippen LogP contribution in [0.25, 0.3) is 11.5 Å². The molecule has 0 bridgehead atoms. The van der Waals surface area contributed by atoms with Crippen LogP contribution >= 0.6 is 0 Å². The molecule has 1 aliphatic rings. The summed E-state index contributed by atoms with van der Waals surface area (Å²) in [4.78, 5) is 15.3. The number of ether oxygens (including phenoxy) is 2. The van der Waals surface area contributed by atoms with E-state index in [0.29, 0.717) is 36.0 Å². The van der Waals surface area contributed by atoms with Crippen molar-refractivity contribution in [3.05, 3.63) is 90.1 Å². The van der Waals surface area contributed by atoms with Gasteiger partial charge in [-0.2, -0.15) is 5.10 Å². The smallest absolute Gasteiger partial charge is 0.259 e. The van der Waals surface area contributed by atoms with E-state index in [4.69, 9.17) is 9.47 Å². The van der Waals surface area contributed by atoms with Gasteiger partial charge in [-0.25, -0.2) is 9.07 Å². The molecule has 7 nitrogen and oxygen atoms in total. The first-order valence-corrected chi connectivity index (χ1v) is 10.3. The Labute approximate surface area is 184 Å². The Bertz CT molecular complexity index is 1270. The van der Waals surface area contributed by atoms with Crippen molar-refractivity contribution in [3.63, 3.8) is 0 Å². The van der Waals surface area contributed by atoms with Crippen molar-refractivity contribution in [3.8, 4) is 23.0 Å². The molecule has 3 heterocycles. The highest BCUT2D eigenvalue weighted by molar-refractivity contribution is 5.97. The lowest BCUT2D eigenvalue weighted by atomic mass is 10.1. The van der Waals surface area contributed by atoms with E-state index in [1.165, 1.54) is 16.9 Å². The summed E-state index contributed by atoms with van der Waals surface area (Å²) in [6.07, 6.45) is 5.10. The molecular weight excluding hydrogens is 411 g/mol. The van der Waals surface area contributed by atoms with Crippen LogP contribution in [0.5, 0.6) is 11.5 Å². The summed E-state index contributed by atoms with van der Waals surface area (Å²) in [5.74, 6) is 1.23. The minimum absolute atomic E-state index is 0.198. The third-order valence-electron chi connectivity index (χ3n) is 5.38. The van der Waals surface area contributed by atoms with Gasteiger partial charge < -0.3 is 18.9 Å². The molecule has 0 unspecified atom stereocenters. The van der Waals surface area contributed by atoms with Gasteiger partial charge in [0.2, 0.25) is 6.79 Å². The predicted octanol–water partition coefficient (Wildman–Crippen LogP) is 4.19. The zero-order valence-corrected chi connectivity index (χ0v) is 17.4. The van der Waals surface area contributed by atoms with Gasteiger partial charge in [0.05, 0.1) is 6.20 Å². The van der Waals surface area contributed by atoms with Gasteiger partial charge in [0.15, 0.2) is 17.3 Å². The largest absolute Gasteiger partial charge is 0.454 e. The summed E-state index contributed by atoms with van der Waals surface area (Å²) < 4.78 is 28.6. The van der Waals surface area contributed by atoms with Crippen LogP contribution in [0.3, 0.4) is 0 Å². The molecule has 0 spiro atoms. The Hall–Kier alpha value is -4.07. The first kappa shape index (κ1) is 19.9. The minimum atomic E-state index is -0.421. The number of aromatic nitrogens is 3. The van der Waals surface area contributed by atoms with Crippen LogP contribution in [0, 0.1) is 5.82 Å². The SMILES string of the molecule is CCN(Cc1ccc2c(c1)OCO2)C(=O)c1cnn(-c2ccccc2F)c1-n1cccc1. The molecule has 5 rings (SSSR count). The summed E-state index contributed by atoms with van der Waals surface area (Å²) in [7, 11) is 0. The van der Waals surface area contributed by atoms with Crippen molar-refractivity contribution >= 4 is 5.91 Å². The second-order valence-corrected chi connectivity index (χ2v) is 7.34. The van der Waals surface area contributed by atoms with E-state index in [1.807, 2.05) is 37.3 Å². The number of carbonyl (C=O) groups is 1. The van der Waals surface area contributed by atoms with Crippen LogP contribution < -0.4 is 9.47 Å². The quantitative estimate of drug-likeness (QED) is 0.458. The molecule has 2 aromatic heterocycles. The number of amides is 1. The van der Waals surface area contributed by atoms with Crippen LogP contribution in [-0.4, -0.2) is 38.5 Å². The van der Waals surface area contributed by atoms with Crippen LogP contribution in [-0.2, 0) is 6.54 Å². The topological polar surface area (TPSA) is 61.5 Å². The van der Waals surface area contributed by atoms with E-state index in [1.54, 1.807) is 40.1 Å². The average molecular weight is 432 g/mol. The maximum atomic E-state index is 14.5. The van der Waals surface area contributed by atoms with Gasteiger partial charge in [0.1, 0.15) is 17.1 Å². The molecule has 8 heteroatoms. The van der Waals surface area contributed by atoms with E-state index in [9.17, 15) is 9.18 Å². The lowest BCUT2D eigenvalue weighted by Crippen LogP contribution is -2.31. The van der Waals surface area contributed by atoms with Crippen molar-refractivity contribution in [1.29, 1.82) is 0 Å². The number of halogens is 1. The minimum Gasteiger partial charge on any atom is -0.454 e. The number of carbonyl (C=O) groups excluding carboxylic acids is 1. The highest BCUT2D eigenvalue weighted by Crippen LogP contribution is 2.33. The molecule has 1 aliphatic heterocycles. The molecular formula is C24H21FN4O3. The highest BCUT2D eigenvalue weighted by Gasteiger charge is 2.25. The fraction of sp³-hybridized carbons (Fsp3) is 0.167. The number of hydrogen-bond acceptors (Lipinski definition) is 4. The Morgan fingerprint density at radius 3 is 2.66 bits per heavy atom. The Morgan fingerprint density at radius 2 is 1.88 bits per heavy atom. The number of benzene rings is 2. The Kier molecular flexibility index (Phi) is 5.10. The lowest BCUT2D eigenvalue weighted by Gasteiger charge is -2.21. The van der Waals surface area contributed by atoms with Gasteiger partial charge in [0, 0.05) is 25.5 Å². The number of para-hydroxylation sites is 1. The first-order chi connectivity index (χ1) is 15.7. The number of rotatable bonds is 6. The first-order valence-electron chi connectivity index (χ1n) is 10.3. The highest BCUT2D eigenvalue weighted by atomic mass is 19.1. The number of nitrogens with zero attached hydrogens (tertiary/aromatic N) is 4. The molecule has 0 aliphatic carbocycles. The number of hydrogen-bond donors (Lipinski definition) is 0. The second-order valence-electron chi connectivity index (χ2n) is 7.34. The third-order valence-corrected chi connectivity index (χ3v) is 5.38. The van der Waals surface area contributed by atoms with E-state index in [0.717, 1.165) is 5.56 Å². The zero-order chi connectivity index (χ0) is 22.1. The van der Waals surface area contributed by atoms with Gasteiger partial charge in [-0.05, 0) is 48.9 Å². The van der Waals surface area contributed by atoms with Crippen LogP contribution in [0.2, 0.25) is 0 Å². The molecule has 0 radical (unpaired) electrons. The second kappa shape index (κ2) is 8.22. The number of fused-ring (bicyclic) bond motifs is 1. The molecule has 32 heavy (non-hydrogen) atoms. The molecule has 0 N–H and O–H groups in total. The van der Waals surface area contributed by atoms with Gasteiger partial charge in [-0.3, -0.25) is 4.79 Å². The van der Waals surface area contributed by atoms with Gasteiger partial charge >= 0.3 is 0 Å². The summed E-state index contributed by atoms with van der Waals surface area (Å²) in [6, 6.07) is 15.7. The van der Waals surface area contributed by atoms with Crippen molar-refractivity contribution in [2.24, 2.45) is 0 Å². The van der Waals surface area contributed by atoms with Crippen molar-refractivity contribution in [1.82, 2.24) is 19.2 Å². The van der Waals surface area contributed by atoms with Crippen molar-refractivity contribution < 1.29 is 18.7 Å². The summed E-state index contributed by atoms with van der Waals surface area (Å²) in [5, 5.41) is 4.37.